The fraction of sp³-hybridized carbons (Fsp3) is 0.545. The number of rotatable bonds is 4. The van der Waals surface area contributed by atoms with Crippen LogP contribution in [0.4, 0.5) is 0 Å². The molecular formula is C22H29BNO3. The van der Waals surface area contributed by atoms with Crippen LogP contribution in [0.1, 0.15) is 64.6 Å². The Morgan fingerprint density at radius 3 is 2.15 bits per heavy atom. The number of hydrogen-bond acceptors (Lipinski definition) is 4. The highest BCUT2D eigenvalue weighted by Gasteiger charge is 2.51. The summed E-state index contributed by atoms with van der Waals surface area (Å²) in [4.78, 5) is 0. The first kappa shape index (κ1) is 18.8. The third-order valence-corrected chi connectivity index (χ3v) is 6.42. The monoisotopic (exact) mass is 366 g/mol. The van der Waals surface area contributed by atoms with Crippen LogP contribution in [0.25, 0.3) is 11.3 Å². The highest BCUT2D eigenvalue weighted by molar-refractivity contribution is 6.62. The standard InChI is InChI=1S/C22H29BNO3/c1-15-19(14-16-8-6-7-9-16)20(25-24-15)17-10-12-18(13-11-17)23-26-21(2,3)22(4,5)27-23/h10-13H,6-9,14H2,1-5H3. The molecule has 1 aliphatic heterocycles. The van der Waals surface area contributed by atoms with E-state index in [1.54, 1.807) is 5.92 Å². The van der Waals surface area contributed by atoms with Gasteiger partial charge in [-0.25, -0.2) is 0 Å². The van der Waals surface area contributed by atoms with Crippen LogP contribution < -0.4 is 5.46 Å². The first-order chi connectivity index (χ1) is 12.8. The van der Waals surface area contributed by atoms with Gasteiger partial charge in [-0.2, -0.15) is 0 Å². The molecule has 2 heterocycles. The van der Waals surface area contributed by atoms with Crippen molar-refractivity contribution in [2.45, 2.75) is 77.9 Å². The fourth-order valence-electron chi connectivity index (χ4n) is 3.90. The van der Waals surface area contributed by atoms with Crippen molar-refractivity contribution < 1.29 is 13.8 Å². The van der Waals surface area contributed by atoms with Gasteiger partial charge >= 0.3 is 7.12 Å². The zero-order valence-electron chi connectivity index (χ0n) is 17.1. The Kier molecular flexibility index (Phi) is 4.72. The van der Waals surface area contributed by atoms with Crippen molar-refractivity contribution in [1.29, 1.82) is 0 Å². The van der Waals surface area contributed by atoms with E-state index >= 15 is 0 Å². The summed E-state index contributed by atoms with van der Waals surface area (Å²) in [6.45, 7) is 10.3. The molecule has 5 heteroatoms. The SMILES string of the molecule is Cc1noc(-c2ccc(B3OC(C)(C)C(C)(C)O3)cc2)c1C[C]1CCCC1. The number of aryl methyl sites for hydroxylation is 1. The number of hydrogen-bond donors (Lipinski definition) is 0. The lowest BCUT2D eigenvalue weighted by atomic mass is 9.78. The third-order valence-electron chi connectivity index (χ3n) is 6.42. The van der Waals surface area contributed by atoms with Crippen molar-refractivity contribution in [1.82, 2.24) is 5.16 Å². The Morgan fingerprint density at radius 1 is 0.963 bits per heavy atom. The largest absolute Gasteiger partial charge is 0.494 e. The maximum absolute atomic E-state index is 6.15. The third kappa shape index (κ3) is 3.47. The number of aromatic nitrogens is 1. The molecule has 4 nitrogen and oxygen atoms in total. The molecule has 0 unspecified atom stereocenters. The smallest absolute Gasteiger partial charge is 0.399 e. The summed E-state index contributed by atoms with van der Waals surface area (Å²) in [5.74, 6) is 2.52. The molecule has 2 aliphatic rings. The van der Waals surface area contributed by atoms with E-state index in [1.165, 1.54) is 31.2 Å². The Bertz CT molecular complexity index is 787. The predicted octanol–water partition coefficient (Wildman–Crippen LogP) is 4.64. The fourth-order valence-corrected chi connectivity index (χ4v) is 3.90. The molecule has 143 valence electrons. The molecule has 4 rings (SSSR count). The molecule has 0 spiro atoms. The molecule has 0 N–H and O–H groups in total. The molecule has 2 fully saturated rings. The minimum atomic E-state index is -0.339. The van der Waals surface area contributed by atoms with Crippen molar-refractivity contribution in [3.8, 4) is 11.3 Å². The number of benzene rings is 1. The summed E-state index contributed by atoms with van der Waals surface area (Å²) in [5.41, 5.74) is 3.66. The minimum Gasteiger partial charge on any atom is -0.399 e. The van der Waals surface area contributed by atoms with Crippen LogP contribution in [0.2, 0.25) is 0 Å². The van der Waals surface area contributed by atoms with E-state index in [4.69, 9.17) is 13.8 Å². The van der Waals surface area contributed by atoms with Gasteiger partial charge in [-0.1, -0.05) is 42.3 Å². The predicted molar refractivity (Wildman–Crippen MR) is 108 cm³/mol. The highest BCUT2D eigenvalue weighted by Crippen LogP contribution is 2.37. The number of nitrogens with zero attached hydrogens (tertiary/aromatic N) is 1. The maximum atomic E-state index is 6.15. The zero-order chi connectivity index (χ0) is 19.2. The van der Waals surface area contributed by atoms with Crippen LogP contribution in [0.3, 0.4) is 0 Å². The molecule has 1 saturated heterocycles. The molecule has 1 saturated carbocycles. The minimum absolute atomic E-state index is 0.329. The van der Waals surface area contributed by atoms with Crippen LogP contribution in [0.15, 0.2) is 28.8 Å². The average molecular weight is 366 g/mol. The van der Waals surface area contributed by atoms with Gasteiger partial charge in [0.25, 0.3) is 0 Å². The van der Waals surface area contributed by atoms with Crippen molar-refractivity contribution in [3.05, 3.63) is 41.4 Å². The summed E-state index contributed by atoms with van der Waals surface area (Å²) in [5, 5.41) is 4.24. The van der Waals surface area contributed by atoms with Gasteiger partial charge in [0.1, 0.15) is 0 Å². The molecule has 1 aromatic carbocycles. The molecule has 1 radical (unpaired) electrons. The van der Waals surface area contributed by atoms with Gasteiger partial charge in [-0.05, 0) is 65.3 Å². The molecular weight excluding hydrogens is 337 g/mol. The van der Waals surface area contributed by atoms with Gasteiger partial charge in [0.15, 0.2) is 5.76 Å². The van der Waals surface area contributed by atoms with E-state index in [2.05, 4.69) is 57.1 Å². The van der Waals surface area contributed by atoms with Crippen LogP contribution >= 0.6 is 0 Å². The van der Waals surface area contributed by atoms with Crippen LogP contribution in [-0.2, 0) is 15.7 Å². The average Bonchev–Trinajstić information content (AvgIpc) is 3.29. The van der Waals surface area contributed by atoms with Crippen molar-refractivity contribution in [3.63, 3.8) is 0 Å². The highest BCUT2D eigenvalue weighted by atomic mass is 16.7. The molecule has 0 bridgehead atoms. The Morgan fingerprint density at radius 2 is 1.56 bits per heavy atom. The molecule has 1 aliphatic carbocycles. The Balaban J connectivity index is 1.55. The lowest BCUT2D eigenvalue weighted by Gasteiger charge is -2.32. The zero-order valence-corrected chi connectivity index (χ0v) is 17.1. The lowest BCUT2D eigenvalue weighted by molar-refractivity contribution is 0.00578. The Labute approximate surface area is 162 Å². The summed E-state index contributed by atoms with van der Waals surface area (Å²) in [6, 6.07) is 8.32. The second-order valence-electron chi connectivity index (χ2n) is 8.92. The topological polar surface area (TPSA) is 44.5 Å². The first-order valence-electron chi connectivity index (χ1n) is 10.0. The second kappa shape index (κ2) is 6.79. The van der Waals surface area contributed by atoms with Gasteiger partial charge in [-0.15, -0.1) is 0 Å². The van der Waals surface area contributed by atoms with Gasteiger partial charge in [0, 0.05) is 11.1 Å². The van der Waals surface area contributed by atoms with Crippen LogP contribution in [0, 0.1) is 12.8 Å². The quantitative estimate of drug-likeness (QED) is 0.740. The van der Waals surface area contributed by atoms with Gasteiger partial charge in [0.2, 0.25) is 0 Å². The normalized spacial score (nSPS) is 21.9. The van der Waals surface area contributed by atoms with Gasteiger partial charge < -0.3 is 13.8 Å². The van der Waals surface area contributed by atoms with E-state index in [9.17, 15) is 0 Å². The summed E-state index contributed by atoms with van der Waals surface area (Å²) >= 11 is 0. The van der Waals surface area contributed by atoms with Gasteiger partial charge in [0.05, 0.1) is 16.9 Å². The maximum Gasteiger partial charge on any atom is 0.494 e. The molecule has 1 aromatic heterocycles. The first-order valence-corrected chi connectivity index (χ1v) is 10.0. The summed E-state index contributed by atoms with van der Waals surface area (Å²) in [7, 11) is -0.339. The molecule has 2 aromatic rings. The van der Waals surface area contributed by atoms with E-state index < -0.39 is 0 Å². The molecule has 27 heavy (non-hydrogen) atoms. The van der Waals surface area contributed by atoms with Crippen LogP contribution in [0.5, 0.6) is 0 Å². The van der Waals surface area contributed by atoms with Crippen molar-refractivity contribution >= 4 is 12.6 Å². The van der Waals surface area contributed by atoms with E-state index in [-0.39, 0.29) is 18.3 Å². The summed E-state index contributed by atoms with van der Waals surface area (Å²) in [6.07, 6.45) is 6.11. The molecule has 0 atom stereocenters. The second-order valence-corrected chi connectivity index (χ2v) is 8.92. The summed E-state index contributed by atoms with van der Waals surface area (Å²) < 4.78 is 18.0. The van der Waals surface area contributed by atoms with Crippen molar-refractivity contribution in [2.24, 2.45) is 0 Å². The van der Waals surface area contributed by atoms with Crippen molar-refractivity contribution in [2.75, 3.05) is 0 Å². The lowest BCUT2D eigenvalue weighted by Crippen LogP contribution is -2.41. The Hall–Kier alpha value is -1.59. The van der Waals surface area contributed by atoms with E-state index in [0.717, 1.165) is 28.9 Å². The van der Waals surface area contributed by atoms with E-state index in [0.29, 0.717) is 0 Å². The van der Waals surface area contributed by atoms with Gasteiger partial charge in [-0.3, -0.25) is 0 Å². The molecule has 0 amide bonds. The van der Waals surface area contributed by atoms with E-state index in [1.807, 2.05) is 6.92 Å². The van der Waals surface area contributed by atoms with Crippen LogP contribution in [-0.4, -0.2) is 23.5 Å².